The fourth-order valence-corrected chi connectivity index (χ4v) is 10.8. The topological polar surface area (TPSA) is 122 Å². The Morgan fingerprint density at radius 3 is 1.35 bits per heavy atom. The molecule has 0 saturated carbocycles. The molecule has 11 nitrogen and oxygen atoms in total. The second kappa shape index (κ2) is 18.8. The van der Waals surface area contributed by atoms with Crippen LogP contribution in [0, 0.1) is 23.3 Å². The van der Waals surface area contributed by atoms with Crippen LogP contribution in [0.3, 0.4) is 0 Å². The van der Waals surface area contributed by atoms with Gasteiger partial charge in [-0.05, 0) is 111 Å². The first-order valence-electron chi connectivity index (χ1n) is 25.2. The number of nitrogens with one attached hydrogen (secondary N) is 2. The van der Waals surface area contributed by atoms with E-state index in [2.05, 4.69) is 46.4 Å². The molecule has 0 radical (unpaired) electrons. The highest BCUT2D eigenvalue weighted by Crippen LogP contribution is 2.46. The number of rotatable bonds is 9. The fraction of sp³-hybridized carbons (Fsp3) is 0.194. The number of H-pyrrole nitrogens is 2. The molecular formula is C62H48F4N4O7. The number of hydrogen-bond donors (Lipinski definition) is 2. The molecule has 0 spiro atoms. The highest BCUT2D eigenvalue weighted by Gasteiger charge is 2.61. The average molecular weight is 1040 g/mol. The summed E-state index contributed by atoms with van der Waals surface area (Å²) in [5.74, 6) is -12.0. The van der Waals surface area contributed by atoms with E-state index in [9.17, 15) is 0 Å². The molecule has 13 rings (SSSR count). The average Bonchev–Trinajstić information content (AvgIpc) is 4.36. The van der Waals surface area contributed by atoms with Gasteiger partial charge in [0, 0.05) is 44.3 Å². The minimum Gasteiger partial charge on any atom is -0.485 e. The highest BCUT2D eigenvalue weighted by atomic mass is 19.2. The van der Waals surface area contributed by atoms with E-state index >= 15 is 17.6 Å². The Balaban J connectivity index is 0.896. The first-order chi connectivity index (χ1) is 37.3. The number of fused-ring (bicyclic) bond motifs is 11. The largest absolute Gasteiger partial charge is 0.485 e. The minimum atomic E-state index is -1.80. The van der Waals surface area contributed by atoms with Gasteiger partial charge in [-0.15, -0.1) is 0 Å². The quantitative estimate of drug-likeness (QED) is 0.107. The number of halogens is 4. The zero-order valence-electron chi connectivity index (χ0n) is 41.9. The zero-order chi connectivity index (χ0) is 52.7. The van der Waals surface area contributed by atoms with Crippen LogP contribution in [0.5, 0.6) is 17.2 Å². The van der Waals surface area contributed by atoms with Crippen molar-refractivity contribution in [3.05, 3.63) is 186 Å². The van der Waals surface area contributed by atoms with E-state index in [1.807, 2.05) is 103 Å². The van der Waals surface area contributed by atoms with Crippen LogP contribution in [-0.2, 0) is 23.7 Å². The second-order valence-corrected chi connectivity index (χ2v) is 20.2. The third kappa shape index (κ3) is 8.79. The molecule has 8 aromatic rings. The summed E-state index contributed by atoms with van der Waals surface area (Å²) in [7, 11) is 0. The van der Waals surface area contributed by atoms with E-state index in [0.29, 0.717) is 33.9 Å². The van der Waals surface area contributed by atoms with E-state index in [1.165, 1.54) is 12.1 Å². The summed E-state index contributed by atoms with van der Waals surface area (Å²) in [4.78, 5) is 18.1. The van der Waals surface area contributed by atoms with Crippen molar-refractivity contribution in [1.82, 2.24) is 19.9 Å². The van der Waals surface area contributed by atoms with Gasteiger partial charge in [0.05, 0.1) is 22.8 Å². The third-order valence-corrected chi connectivity index (χ3v) is 14.1. The number of ether oxygens (including phenoxy) is 7. The number of benzene rings is 5. The Bertz CT molecular complexity index is 3700. The first-order valence-corrected chi connectivity index (χ1v) is 25.2. The van der Waals surface area contributed by atoms with Crippen LogP contribution < -0.4 is 9.47 Å². The molecule has 15 heteroatoms. The van der Waals surface area contributed by atoms with E-state index in [0.717, 1.165) is 55.4 Å². The molecule has 5 aliphatic heterocycles. The van der Waals surface area contributed by atoms with Crippen LogP contribution in [0.4, 0.5) is 17.6 Å². The van der Waals surface area contributed by atoms with Gasteiger partial charge in [0.1, 0.15) is 36.8 Å². The van der Waals surface area contributed by atoms with Gasteiger partial charge in [-0.1, -0.05) is 103 Å². The Kier molecular flexibility index (Phi) is 11.8. The van der Waals surface area contributed by atoms with Gasteiger partial charge in [0.15, 0.2) is 23.6 Å². The molecule has 77 heavy (non-hydrogen) atoms. The molecule has 5 aromatic carbocycles. The smallest absolute Gasteiger partial charge is 0.208 e. The molecule has 0 amide bonds. The van der Waals surface area contributed by atoms with Crippen LogP contribution in [0.15, 0.2) is 140 Å². The van der Waals surface area contributed by atoms with Crippen molar-refractivity contribution in [2.45, 2.75) is 70.0 Å². The summed E-state index contributed by atoms with van der Waals surface area (Å²) in [5, 5.41) is 0. The van der Waals surface area contributed by atoms with Gasteiger partial charge in [0.25, 0.3) is 0 Å². The third-order valence-electron chi connectivity index (χ3n) is 14.1. The number of nitrogens with zero attached hydrogens (tertiary/aromatic N) is 2. The maximum Gasteiger partial charge on any atom is 0.208 e. The lowest BCUT2D eigenvalue weighted by molar-refractivity contribution is -0.238. The van der Waals surface area contributed by atoms with Gasteiger partial charge in [-0.25, -0.2) is 9.97 Å². The summed E-state index contributed by atoms with van der Waals surface area (Å²) in [6, 6.07) is 44.8. The van der Waals surface area contributed by atoms with Crippen molar-refractivity contribution < 1.29 is 50.7 Å². The van der Waals surface area contributed by atoms with E-state index in [-0.39, 0.29) is 5.75 Å². The lowest BCUT2D eigenvalue weighted by Crippen LogP contribution is -2.56. The van der Waals surface area contributed by atoms with E-state index in [1.54, 1.807) is 39.8 Å². The van der Waals surface area contributed by atoms with Crippen molar-refractivity contribution in [2.24, 2.45) is 0 Å². The number of aromatic amines is 2. The molecule has 3 fully saturated rings. The maximum absolute atomic E-state index is 16.0. The molecule has 5 aliphatic rings. The predicted molar refractivity (Wildman–Crippen MR) is 285 cm³/mol. The highest BCUT2D eigenvalue weighted by molar-refractivity contribution is 6.00. The summed E-state index contributed by atoms with van der Waals surface area (Å²) in [5.41, 5.74) is 12.9. The lowest BCUT2D eigenvalue weighted by Gasteiger charge is -2.37. The van der Waals surface area contributed by atoms with Gasteiger partial charge >= 0.3 is 0 Å². The fourth-order valence-electron chi connectivity index (χ4n) is 10.8. The van der Waals surface area contributed by atoms with Crippen molar-refractivity contribution >= 4 is 46.4 Å². The Morgan fingerprint density at radius 2 is 0.844 bits per heavy atom. The van der Waals surface area contributed by atoms with Gasteiger partial charge in [0.2, 0.25) is 29.0 Å². The van der Waals surface area contributed by atoms with Crippen molar-refractivity contribution in [2.75, 3.05) is 6.61 Å². The molecule has 8 heterocycles. The summed E-state index contributed by atoms with van der Waals surface area (Å²) >= 11 is 0. The molecule has 3 saturated heterocycles. The molecule has 8 bridgehead atoms. The molecular weight excluding hydrogens is 989 g/mol. The Hall–Kier alpha value is -8.18. The summed E-state index contributed by atoms with van der Waals surface area (Å²) in [6.07, 6.45) is 3.61. The second-order valence-electron chi connectivity index (χ2n) is 20.2. The van der Waals surface area contributed by atoms with Crippen molar-refractivity contribution in [3.8, 4) is 61.8 Å². The predicted octanol–water partition coefficient (Wildman–Crippen LogP) is 14.4. The zero-order valence-corrected chi connectivity index (χ0v) is 41.9. The van der Waals surface area contributed by atoms with Crippen LogP contribution in [0.1, 0.15) is 50.5 Å². The molecule has 0 unspecified atom stereocenters. The van der Waals surface area contributed by atoms with Crippen LogP contribution >= 0.6 is 0 Å². The summed E-state index contributed by atoms with van der Waals surface area (Å²) < 4.78 is 105. The summed E-state index contributed by atoms with van der Waals surface area (Å²) in [6.45, 7) is 6.22. The van der Waals surface area contributed by atoms with Gasteiger partial charge < -0.3 is 43.1 Å². The van der Waals surface area contributed by atoms with Crippen molar-refractivity contribution in [1.29, 1.82) is 0 Å². The van der Waals surface area contributed by atoms with Gasteiger partial charge in [-0.3, -0.25) is 0 Å². The molecule has 386 valence electrons. The van der Waals surface area contributed by atoms with E-state index in [4.69, 9.17) is 43.1 Å². The number of hydrogen-bond acceptors (Lipinski definition) is 9. The normalized spacial score (nSPS) is 20.8. The molecule has 0 aliphatic carbocycles. The Labute approximate surface area is 439 Å². The molecule has 5 atom stereocenters. The Morgan fingerprint density at radius 1 is 0.442 bits per heavy atom. The standard InChI is InChI=1S/C62H48F4N4O7/c1-61(2)74-55-46(73-60-59(58(55)75-61)76-62(3,4)77-60)32-71-56-51(63)53(65)57(54(66)52(56)64)72-37-22-20-36(21-23-37)50-44-30-28-42(69-44)48(34-16-10-6-11-17-34)40-26-24-38(67-40)47(33-14-8-5-9-15-33)39-25-27-41(68-39)49(35-18-12-7-13-19-35)43-29-31-45(50)70-43/h5-31,46,55,58-60,67-68H,32H2,1-4H3/t46-,55+,58+,59-,60-/m1/s1. The monoisotopic (exact) mass is 1040 g/mol. The van der Waals surface area contributed by atoms with Crippen LogP contribution in [0.2, 0.25) is 0 Å². The van der Waals surface area contributed by atoms with E-state index < -0.39 is 83.7 Å². The van der Waals surface area contributed by atoms with Crippen LogP contribution in [-0.4, -0.2) is 68.8 Å². The van der Waals surface area contributed by atoms with Gasteiger partial charge in [-0.2, -0.15) is 17.6 Å². The van der Waals surface area contributed by atoms with Crippen LogP contribution in [0.25, 0.3) is 90.9 Å². The molecule has 3 aromatic heterocycles. The maximum atomic E-state index is 16.0. The number of aromatic nitrogens is 4. The lowest BCUT2D eigenvalue weighted by atomic mass is 9.99. The van der Waals surface area contributed by atoms with Crippen molar-refractivity contribution in [3.63, 3.8) is 0 Å². The first kappa shape index (κ1) is 48.5. The minimum absolute atomic E-state index is 0.116. The SMILES string of the molecule is CC1(C)O[C@H]2[C@@H](O1)[C@@H](COc1c(F)c(F)c(Oc3ccc(-c4c5nc(c(-c6ccccc6)c6ccc([nH]6)c(-c6ccccc6)c6ccc([nH]6)c(-c6ccccc6)c6nc4C=C6)C=C5)cc3)c(F)c1F)O[C@@H]1OC(C)(C)O[C@@H]12. The molecule has 2 N–H and O–H groups in total.